The molecule has 1 heterocycles. The lowest BCUT2D eigenvalue weighted by Crippen LogP contribution is -2.35. The Balaban J connectivity index is 2.50. The molecule has 1 aliphatic rings. The van der Waals surface area contributed by atoms with E-state index in [0.717, 1.165) is 6.07 Å². The summed E-state index contributed by atoms with van der Waals surface area (Å²) in [6.45, 7) is 0.657. The van der Waals surface area contributed by atoms with E-state index < -0.39 is 37.0 Å². The van der Waals surface area contributed by atoms with Crippen molar-refractivity contribution in [3.05, 3.63) is 23.3 Å². The quantitative estimate of drug-likeness (QED) is 0.832. The molecule has 0 saturated carbocycles. The van der Waals surface area contributed by atoms with Crippen LogP contribution in [0.15, 0.2) is 12.1 Å². The Hall–Kier alpha value is -1.54. The van der Waals surface area contributed by atoms with Gasteiger partial charge >= 0.3 is 13.3 Å². The van der Waals surface area contributed by atoms with Crippen molar-refractivity contribution in [1.82, 2.24) is 0 Å². The number of benzene rings is 1. The fraction of sp³-hybridized carbons (Fsp3) is 0.364. The Labute approximate surface area is 107 Å². The summed E-state index contributed by atoms with van der Waals surface area (Å²) in [6.07, 6.45) is -4.70. The molecule has 0 bridgehead atoms. The Morgan fingerprint density at radius 2 is 2.21 bits per heavy atom. The maximum Gasteiger partial charge on any atom is 0.492 e. The van der Waals surface area contributed by atoms with Crippen LogP contribution in [0.2, 0.25) is 0 Å². The van der Waals surface area contributed by atoms with Gasteiger partial charge in [0, 0.05) is 5.46 Å². The molecule has 1 aliphatic heterocycles. The van der Waals surface area contributed by atoms with Crippen LogP contribution in [0.4, 0.5) is 13.2 Å². The van der Waals surface area contributed by atoms with Gasteiger partial charge in [0.2, 0.25) is 0 Å². The molecule has 0 aliphatic carbocycles. The van der Waals surface area contributed by atoms with Crippen LogP contribution in [-0.4, -0.2) is 24.5 Å². The normalized spacial score (nSPS) is 14.5. The number of ketones is 1. The molecule has 0 amide bonds. The van der Waals surface area contributed by atoms with Gasteiger partial charge in [0.25, 0.3) is 0 Å². The number of carbonyl (C=O) groups excluding carboxylic acids is 1. The molecule has 102 valence electrons. The van der Waals surface area contributed by atoms with E-state index in [2.05, 4.69) is 0 Å². The molecular weight excluding hydrogens is 264 g/mol. The summed E-state index contributed by atoms with van der Waals surface area (Å²) in [4.78, 5) is 10.8. The van der Waals surface area contributed by atoms with E-state index in [1.54, 1.807) is 0 Å². The summed E-state index contributed by atoms with van der Waals surface area (Å²) in [5.41, 5.74) is -1.17. The second-order valence-electron chi connectivity index (χ2n) is 4.16. The number of rotatable bonds is 3. The van der Waals surface area contributed by atoms with Gasteiger partial charge in [-0.15, -0.1) is 0 Å². The van der Waals surface area contributed by atoms with Crippen molar-refractivity contribution in [2.24, 2.45) is 0 Å². The topological polar surface area (TPSA) is 55.8 Å². The molecule has 0 saturated heterocycles. The van der Waals surface area contributed by atoms with Gasteiger partial charge in [0.05, 0.1) is 12.2 Å². The first kappa shape index (κ1) is 13.9. The highest BCUT2D eigenvalue weighted by Crippen LogP contribution is 2.37. The van der Waals surface area contributed by atoms with Crippen molar-refractivity contribution < 1.29 is 32.4 Å². The minimum absolute atomic E-state index is 0.0907. The third-order valence-corrected chi connectivity index (χ3v) is 2.66. The average molecular weight is 274 g/mol. The maximum atomic E-state index is 13.1. The molecule has 1 aromatic rings. The minimum Gasteiger partial charge on any atom is -0.485 e. The van der Waals surface area contributed by atoms with E-state index in [-0.39, 0.29) is 17.6 Å². The Kier molecular flexibility index (Phi) is 3.55. The van der Waals surface area contributed by atoms with Crippen LogP contribution in [0.5, 0.6) is 5.75 Å². The summed E-state index contributed by atoms with van der Waals surface area (Å²) in [5, 5.41) is 9.48. The minimum atomic E-state index is -4.70. The third-order valence-electron chi connectivity index (χ3n) is 2.66. The molecule has 0 fully saturated rings. The highest BCUT2D eigenvalue weighted by molar-refractivity contribution is 6.62. The lowest BCUT2D eigenvalue weighted by atomic mass is 9.75. The predicted molar refractivity (Wildman–Crippen MR) is 60.0 cm³/mol. The number of ether oxygens (including phenoxy) is 1. The maximum absolute atomic E-state index is 13.1. The molecule has 4 nitrogen and oxygen atoms in total. The lowest BCUT2D eigenvalue weighted by Gasteiger charge is -2.17. The largest absolute Gasteiger partial charge is 0.492 e. The molecule has 0 spiro atoms. The van der Waals surface area contributed by atoms with Crippen molar-refractivity contribution in [2.75, 3.05) is 6.61 Å². The number of halogens is 3. The highest BCUT2D eigenvalue weighted by atomic mass is 19.4. The molecule has 2 rings (SSSR count). The molecule has 0 unspecified atom stereocenters. The summed E-state index contributed by atoms with van der Waals surface area (Å²) in [5.74, 6) is -0.878. The lowest BCUT2D eigenvalue weighted by molar-refractivity contribution is -0.138. The van der Waals surface area contributed by atoms with Crippen molar-refractivity contribution in [2.45, 2.75) is 19.7 Å². The second kappa shape index (κ2) is 4.86. The van der Waals surface area contributed by atoms with Gasteiger partial charge in [0.15, 0.2) is 5.78 Å². The van der Waals surface area contributed by atoms with Gasteiger partial charge in [-0.3, -0.25) is 4.79 Å². The Bertz CT molecular complexity index is 515. The molecule has 0 atom stereocenters. The number of hydrogen-bond acceptors (Lipinski definition) is 4. The van der Waals surface area contributed by atoms with E-state index in [4.69, 9.17) is 9.39 Å². The Morgan fingerprint density at radius 1 is 1.53 bits per heavy atom. The monoisotopic (exact) mass is 274 g/mol. The van der Waals surface area contributed by atoms with Crippen LogP contribution in [0.3, 0.4) is 0 Å². The zero-order valence-electron chi connectivity index (χ0n) is 9.95. The van der Waals surface area contributed by atoms with Gasteiger partial charge in [-0.2, -0.15) is 13.2 Å². The van der Waals surface area contributed by atoms with E-state index in [9.17, 15) is 23.0 Å². The average Bonchev–Trinajstić information content (AvgIpc) is 2.66. The number of fused-ring (bicyclic) bond motifs is 1. The van der Waals surface area contributed by atoms with Crippen molar-refractivity contribution in [3.8, 4) is 5.75 Å². The first-order valence-electron chi connectivity index (χ1n) is 5.45. The number of hydrogen-bond donors (Lipinski definition) is 1. The van der Waals surface area contributed by atoms with E-state index >= 15 is 0 Å². The fourth-order valence-electron chi connectivity index (χ4n) is 1.89. The van der Waals surface area contributed by atoms with Crippen LogP contribution in [0, 0.1) is 0 Å². The number of carbonyl (C=O) groups is 1. The van der Waals surface area contributed by atoms with Crippen LogP contribution in [0.25, 0.3) is 0 Å². The summed E-state index contributed by atoms with van der Waals surface area (Å²) in [6, 6.07) is 2.52. The van der Waals surface area contributed by atoms with Crippen LogP contribution in [0.1, 0.15) is 18.1 Å². The van der Waals surface area contributed by atoms with Crippen molar-refractivity contribution in [1.29, 1.82) is 0 Å². The molecule has 1 N–H and O–H groups in total. The number of alkyl halides is 3. The van der Waals surface area contributed by atoms with Gasteiger partial charge in [0.1, 0.15) is 12.4 Å². The molecule has 0 aromatic heterocycles. The molecule has 19 heavy (non-hydrogen) atoms. The van der Waals surface area contributed by atoms with Crippen LogP contribution >= 0.6 is 0 Å². The van der Waals surface area contributed by atoms with Crippen molar-refractivity contribution in [3.63, 3.8) is 0 Å². The highest BCUT2D eigenvalue weighted by Gasteiger charge is 2.44. The zero-order valence-corrected chi connectivity index (χ0v) is 9.95. The Morgan fingerprint density at radius 3 is 2.79 bits per heavy atom. The third kappa shape index (κ3) is 2.74. The van der Waals surface area contributed by atoms with E-state index in [1.165, 1.54) is 13.0 Å². The summed E-state index contributed by atoms with van der Waals surface area (Å²) < 4.78 is 48.8. The zero-order chi connectivity index (χ0) is 14.2. The smallest absolute Gasteiger partial charge is 0.485 e. The van der Waals surface area contributed by atoms with Crippen LogP contribution < -0.4 is 10.2 Å². The predicted octanol–water partition coefficient (Wildman–Crippen LogP) is 0.891. The first-order valence-corrected chi connectivity index (χ1v) is 5.45. The molecule has 1 aromatic carbocycles. The summed E-state index contributed by atoms with van der Waals surface area (Å²) in [7, 11) is -1.63. The number of Topliss-reactive ketones (excluding diaryl/α,β-unsaturated/α-hetero) is 1. The molecule has 8 heteroatoms. The molecule has 0 radical (unpaired) electrons. The second-order valence-corrected chi connectivity index (χ2v) is 4.16. The SMILES string of the molecule is CC(=O)COc1ccc2c(c1C(F)(F)F)B(O)OC2. The van der Waals surface area contributed by atoms with Gasteiger partial charge < -0.3 is 14.4 Å². The summed E-state index contributed by atoms with van der Waals surface area (Å²) >= 11 is 0. The van der Waals surface area contributed by atoms with Gasteiger partial charge in [-0.05, 0) is 18.6 Å². The van der Waals surface area contributed by atoms with Crippen molar-refractivity contribution >= 4 is 18.4 Å². The fourth-order valence-corrected chi connectivity index (χ4v) is 1.89. The van der Waals surface area contributed by atoms with E-state index in [0.29, 0.717) is 0 Å². The van der Waals surface area contributed by atoms with Gasteiger partial charge in [-0.1, -0.05) is 6.07 Å². The van der Waals surface area contributed by atoms with Crippen LogP contribution in [-0.2, 0) is 22.2 Å². The first-order chi connectivity index (χ1) is 8.80. The van der Waals surface area contributed by atoms with E-state index in [1.807, 2.05) is 0 Å². The van der Waals surface area contributed by atoms with Gasteiger partial charge in [-0.25, -0.2) is 0 Å². The standard InChI is InChI=1S/C11H10BF3O4/c1-6(16)4-18-8-3-2-7-5-19-12(17)10(7)9(8)11(13,14)15/h2-3,17H,4-5H2,1H3. The molecular formula is C11H10BF3O4.